The quantitative estimate of drug-likeness (QED) is 0.895. The lowest BCUT2D eigenvalue weighted by molar-refractivity contribution is -0.118. The lowest BCUT2D eigenvalue weighted by atomic mass is 10.1. The molecule has 25 heavy (non-hydrogen) atoms. The van der Waals surface area contributed by atoms with Crippen molar-refractivity contribution in [2.75, 3.05) is 38.2 Å². The highest BCUT2D eigenvalue weighted by atomic mass is 35.5. The molecule has 2 fully saturated rings. The summed E-state index contributed by atoms with van der Waals surface area (Å²) in [5.74, 6) is -0.139. The van der Waals surface area contributed by atoms with Crippen LogP contribution >= 0.6 is 11.6 Å². The maximum Gasteiger partial charge on any atom is 0.320 e. The number of hydrogen-bond acceptors (Lipinski definition) is 3. The topological polar surface area (TPSA) is 61.9 Å². The molecule has 0 spiro atoms. The van der Waals surface area contributed by atoms with Crippen molar-refractivity contribution in [2.24, 2.45) is 0 Å². The number of amides is 3. The van der Waals surface area contributed by atoms with Crippen molar-refractivity contribution >= 4 is 29.2 Å². The summed E-state index contributed by atoms with van der Waals surface area (Å²) in [5.41, 5.74) is 1.54. The number of urea groups is 1. The first kappa shape index (κ1) is 18.0. The van der Waals surface area contributed by atoms with E-state index >= 15 is 0 Å². The normalized spacial score (nSPS) is 20.6. The summed E-state index contributed by atoms with van der Waals surface area (Å²) in [7, 11) is 0. The van der Waals surface area contributed by atoms with E-state index in [-0.39, 0.29) is 24.4 Å². The van der Waals surface area contributed by atoms with Crippen LogP contribution in [0.2, 0.25) is 5.02 Å². The van der Waals surface area contributed by atoms with Crippen LogP contribution in [0.4, 0.5) is 10.5 Å². The number of nitrogens with zero attached hydrogens (tertiary/aromatic N) is 2. The van der Waals surface area contributed by atoms with E-state index < -0.39 is 0 Å². The molecule has 1 aromatic rings. The summed E-state index contributed by atoms with van der Waals surface area (Å²) in [4.78, 5) is 28.8. The Morgan fingerprint density at radius 1 is 1.28 bits per heavy atom. The van der Waals surface area contributed by atoms with Crippen molar-refractivity contribution in [1.29, 1.82) is 0 Å². The van der Waals surface area contributed by atoms with E-state index in [9.17, 15) is 9.59 Å². The highest BCUT2D eigenvalue weighted by Gasteiger charge is 2.32. The van der Waals surface area contributed by atoms with Crippen LogP contribution in [-0.2, 0) is 9.53 Å². The Hall–Kier alpha value is -1.79. The second kappa shape index (κ2) is 8.06. The number of ether oxygens (including phenoxy) is 1. The minimum absolute atomic E-state index is 0.0255. The average molecular weight is 366 g/mol. The Balaban J connectivity index is 1.63. The Bertz CT molecular complexity index is 646. The monoisotopic (exact) mass is 365 g/mol. The van der Waals surface area contributed by atoms with Crippen molar-refractivity contribution < 1.29 is 14.3 Å². The van der Waals surface area contributed by atoms with Crippen LogP contribution in [0.25, 0.3) is 0 Å². The van der Waals surface area contributed by atoms with Crippen molar-refractivity contribution in [2.45, 2.75) is 32.2 Å². The molecule has 2 aliphatic heterocycles. The number of anilines is 1. The van der Waals surface area contributed by atoms with Crippen molar-refractivity contribution in [3.8, 4) is 0 Å². The highest BCUT2D eigenvalue weighted by Crippen LogP contribution is 2.24. The minimum atomic E-state index is -0.235. The van der Waals surface area contributed by atoms with E-state index in [1.807, 2.05) is 17.9 Å². The maximum atomic E-state index is 12.7. The van der Waals surface area contributed by atoms with Crippen LogP contribution in [-0.4, -0.2) is 60.6 Å². The highest BCUT2D eigenvalue weighted by molar-refractivity contribution is 6.31. The zero-order chi connectivity index (χ0) is 17.8. The summed E-state index contributed by atoms with van der Waals surface area (Å²) in [6.45, 7) is 4.91. The lowest BCUT2D eigenvalue weighted by Crippen LogP contribution is -2.54. The van der Waals surface area contributed by atoms with Crippen LogP contribution in [0.1, 0.15) is 24.8 Å². The van der Waals surface area contributed by atoms with Gasteiger partial charge in [-0.2, -0.15) is 0 Å². The lowest BCUT2D eigenvalue weighted by Gasteiger charge is -2.37. The third-order valence-electron chi connectivity index (χ3n) is 4.81. The fourth-order valence-corrected chi connectivity index (χ4v) is 3.50. The molecule has 2 heterocycles. The third-order valence-corrected chi connectivity index (χ3v) is 5.22. The van der Waals surface area contributed by atoms with Gasteiger partial charge in [0.2, 0.25) is 5.91 Å². The zero-order valence-corrected chi connectivity index (χ0v) is 15.2. The van der Waals surface area contributed by atoms with Gasteiger partial charge < -0.3 is 19.9 Å². The molecule has 1 N–H and O–H groups in total. The molecule has 1 atom stereocenters. The van der Waals surface area contributed by atoms with E-state index in [0.29, 0.717) is 30.5 Å². The number of nitrogens with one attached hydrogen (secondary N) is 1. The second-order valence-corrected chi connectivity index (χ2v) is 6.97. The van der Waals surface area contributed by atoms with E-state index in [4.69, 9.17) is 16.3 Å². The molecule has 0 aliphatic carbocycles. The summed E-state index contributed by atoms with van der Waals surface area (Å²) < 4.78 is 5.51. The van der Waals surface area contributed by atoms with Gasteiger partial charge in [-0.3, -0.25) is 4.79 Å². The van der Waals surface area contributed by atoms with Gasteiger partial charge >= 0.3 is 6.03 Å². The van der Waals surface area contributed by atoms with E-state index in [0.717, 1.165) is 31.5 Å². The minimum Gasteiger partial charge on any atom is -0.377 e. The van der Waals surface area contributed by atoms with Crippen LogP contribution in [0.3, 0.4) is 0 Å². The standard InChI is InChI=1S/C18H24ClN3O3/c1-13-15(19)5-4-6-16(13)20-17(23)11-14-12-25-10-9-22(14)18(24)21-7-2-3-8-21/h4-6,14H,2-3,7-12H2,1H3,(H,20,23). The van der Waals surface area contributed by atoms with Crippen molar-refractivity contribution in [3.05, 3.63) is 28.8 Å². The SMILES string of the molecule is Cc1c(Cl)cccc1NC(=O)CC1COCCN1C(=O)N1CCCC1. The van der Waals surface area contributed by atoms with Gasteiger partial charge in [0.25, 0.3) is 0 Å². The number of morpholine rings is 1. The Morgan fingerprint density at radius 2 is 2.04 bits per heavy atom. The molecule has 7 heteroatoms. The average Bonchev–Trinajstić information content (AvgIpc) is 3.13. The van der Waals surface area contributed by atoms with Gasteiger partial charge in [0.1, 0.15) is 0 Å². The molecule has 3 rings (SSSR count). The molecule has 2 aliphatic rings. The van der Waals surface area contributed by atoms with Crippen LogP contribution < -0.4 is 5.32 Å². The molecule has 136 valence electrons. The van der Waals surface area contributed by atoms with Gasteiger partial charge in [-0.1, -0.05) is 17.7 Å². The van der Waals surface area contributed by atoms with Gasteiger partial charge in [0.05, 0.1) is 19.3 Å². The number of likely N-dealkylation sites (tertiary alicyclic amines) is 1. The van der Waals surface area contributed by atoms with E-state index in [1.54, 1.807) is 17.0 Å². The molecule has 3 amide bonds. The first-order chi connectivity index (χ1) is 12.1. The van der Waals surface area contributed by atoms with Crippen molar-refractivity contribution in [3.63, 3.8) is 0 Å². The first-order valence-corrected chi connectivity index (χ1v) is 9.12. The zero-order valence-electron chi connectivity index (χ0n) is 14.5. The largest absolute Gasteiger partial charge is 0.377 e. The van der Waals surface area contributed by atoms with E-state index in [2.05, 4.69) is 5.32 Å². The number of carbonyl (C=O) groups is 2. The molecule has 6 nitrogen and oxygen atoms in total. The predicted octanol–water partition coefficient (Wildman–Crippen LogP) is 2.89. The van der Waals surface area contributed by atoms with Gasteiger partial charge in [-0.15, -0.1) is 0 Å². The first-order valence-electron chi connectivity index (χ1n) is 8.74. The molecule has 0 aromatic heterocycles. The number of benzene rings is 1. The van der Waals surface area contributed by atoms with Crippen molar-refractivity contribution in [1.82, 2.24) is 9.80 Å². The van der Waals surface area contributed by atoms with E-state index in [1.165, 1.54) is 0 Å². The van der Waals surface area contributed by atoms with Gasteiger partial charge in [-0.05, 0) is 37.5 Å². The van der Waals surface area contributed by atoms with Crippen LogP contribution in [0, 0.1) is 6.92 Å². The van der Waals surface area contributed by atoms with Gasteiger partial charge in [0, 0.05) is 36.8 Å². The number of carbonyl (C=O) groups excluding carboxylic acids is 2. The second-order valence-electron chi connectivity index (χ2n) is 6.56. The molecule has 0 saturated carbocycles. The van der Waals surface area contributed by atoms with Crippen LogP contribution in [0.15, 0.2) is 18.2 Å². The molecule has 0 radical (unpaired) electrons. The number of hydrogen-bond donors (Lipinski definition) is 1. The Labute approximate surface area is 153 Å². The molecule has 1 unspecified atom stereocenters. The number of halogens is 1. The molecule has 1 aromatic carbocycles. The summed E-state index contributed by atoms with van der Waals surface area (Å²) >= 11 is 6.10. The van der Waals surface area contributed by atoms with Gasteiger partial charge in [0.15, 0.2) is 0 Å². The fourth-order valence-electron chi connectivity index (χ4n) is 3.32. The molecule has 2 saturated heterocycles. The molecular weight excluding hydrogens is 342 g/mol. The summed E-state index contributed by atoms with van der Waals surface area (Å²) in [5, 5.41) is 3.51. The smallest absolute Gasteiger partial charge is 0.320 e. The van der Waals surface area contributed by atoms with Gasteiger partial charge in [-0.25, -0.2) is 4.79 Å². The summed E-state index contributed by atoms with van der Waals surface area (Å²) in [6, 6.07) is 5.21. The molecule has 0 bridgehead atoms. The number of rotatable bonds is 3. The van der Waals surface area contributed by atoms with Crippen LogP contribution in [0.5, 0.6) is 0 Å². The fraction of sp³-hybridized carbons (Fsp3) is 0.556. The third kappa shape index (κ3) is 4.25. The predicted molar refractivity (Wildman–Crippen MR) is 97.0 cm³/mol. The summed E-state index contributed by atoms with van der Waals surface area (Å²) in [6.07, 6.45) is 2.32. The Morgan fingerprint density at radius 3 is 2.80 bits per heavy atom. The molecular formula is C18H24ClN3O3. The maximum absolute atomic E-state index is 12.7. The Kier molecular flexibility index (Phi) is 5.81.